The van der Waals surface area contributed by atoms with E-state index in [1.165, 1.54) is 24.1 Å². The summed E-state index contributed by atoms with van der Waals surface area (Å²) in [5.74, 6) is 1.84. The van der Waals surface area contributed by atoms with Crippen LogP contribution in [0.5, 0.6) is 5.75 Å². The predicted molar refractivity (Wildman–Crippen MR) is 64.6 cm³/mol. The molecule has 1 saturated carbocycles. The number of hydrogen-bond acceptors (Lipinski definition) is 3. The molecule has 2 rings (SSSR count). The molecule has 0 aliphatic heterocycles. The van der Waals surface area contributed by atoms with Crippen molar-refractivity contribution in [1.29, 1.82) is 0 Å². The van der Waals surface area contributed by atoms with Crippen LogP contribution in [0.2, 0.25) is 0 Å². The molecule has 1 atom stereocenters. The standard InChI is InChI=1S/C12H19NOS/c1-3-13-12(9-5-4-6-9)11-7-10(14-2)8-15-11/h7-9,12-13H,3-6H2,1-2H3. The summed E-state index contributed by atoms with van der Waals surface area (Å²) >= 11 is 1.81. The van der Waals surface area contributed by atoms with Crippen LogP contribution in [-0.2, 0) is 0 Å². The van der Waals surface area contributed by atoms with Gasteiger partial charge in [-0.25, -0.2) is 0 Å². The maximum absolute atomic E-state index is 5.24. The molecule has 0 amide bonds. The van der Waals surface area contributed by atoms with E-state index in [0.29, 0.717) is 6.04 Å². The average Bonchev–Trinajstić information content (AvgIpc) is 2.62. The van der Waals surface area contributed by atoms with Gasteiger partial charge >= 0.3 is 0 Å². The molecule has 1 fully saturated rings. The molecule has 15 heavy (non-hydrogen) atoms. The van der Waals surface area contributed by atoms with Crippen LogP contribution in [0.1, 0.15) is 37.1 Å². The summed E-state index contributed by atoms with van der Waals surface area (Å²) in [6.07, 6.45) is 4.14. The maximum Gasteiger partial charge on any atom is 0.129 e. The summed E-state index contributed by atoms with van der Waals surface area (Å²) in [5, 5.41) is 5.69. The lowest BCUT2D eigenvalue weighted by atomic mass is 9.79. The van der Waals surface area contributed by atoms with E-state index in [0.717, 1.165) is 18.2 Å². The molecule has 3 heteroatoms. The molecule has 2 nitrogen and oxygen atoms in total. The lowest BCUT2D eigenvalue weighted by Crippen LogP contribution is -2.31. The summed E-state index contributed by atoms with van der Waals surface area (Å²) in [7, 11) is 1.73. The van der Waals surface area contributed by atoms with Gasteiger partial charge in [-0.1, -0.05) is 13.3 Å². The van der Waals surface area contributed by atoms with E-state index in [-0.39, 0.29) is 0 Å². The van der Waals surface area contributed by atoms with Crippen molar-refractivity contribution in [1.82, 2.24) is 5.32 Å². The molecule has 1 aromatic rings. The Morgan fingerprint density at radius 3 is 2.87 bits per heavy atom. The molecule has 1 aliphatic rings. The lowest BCUT2D eigenvalue weighted by molar-refractivity contribution is 0.235. The van der Waals surface area contributed by atoms with Crippen LogP contribution in [0.15, 0.2) is 11.4 Å². The molecule has 0 aromatic carbocycles. The van der Waals surface area contributed by atoms with Crippen LogP contribution in [0.3, 0.4) is 0 Å². The molecule has 1 aliphatic carbocycles. The van der Waals surface area contributed by atoms with Crippen molar-refractivity contribution >= 4 is 11.3 Å². The van der Waals surface area contributed by atoms with Crippen molar-refractivity contribution in [3.8, 4) is 5.75 Å². The molecular formula is C12H19NOS. The van der Waals surface area contributed by atoms with E-state index in [4.69, 9.17) is 4.74 Å². The first-order valence-electron chi connectivity index (χ1n) is 5.71. The van der Waals surface area contributed by atoms with Gasteiger partial charge in [-0.15, -0.1) is 11.3 Å². The molecule has 1 unspecified atom stereocenters. The molecule has 1 aromatic heterocycles. The normalized spacial score (nSPS) is 18.5. The number of rotatable bonds is 5. The second kappa shape index (κ2) is 4.99. The van der Waals surface area contributed by atoms with Gasteiger partial charge < -0.3 is 10.1 Å². The third-order valence-corrected chi connectivity index (χ3v) is 4.18. The van der Waals surface area contributed by atoms with Crippen LogP contribution in [0.4, 0.5) is 0 Å². The Morgan fingerprint density at radius 2 is 2.40 bits per heavy atom. The van der Waals surface area contributed by atoms with Crippen molar-refractivity contribution in [3.05, 3.63) is 16.3 Å². The van der Waals surface area contributed by atoms with Crippen molar-refractivity contribution < 1.29 is 4.74 Å². The Balaban J connectivity index is 2.08. The number of nitrogens with one attached hydrogen (secondary N) is 1. The second-order valence-electron chi connectivity index (χ2n) is 4.12. The van der Waals surface area contributed by atoms with Crippen molar-refractivity contribution in [3.63, 3.8) is 0 Å². The van der Waals surface area contributed by atoms with E-state index in [2.05, 4.69) is 23.7 Å². The van der Waals surface area contributed by atoms with E-state index in [1.807, 2.05) is 11.3 Å². The molecule has 0 radical (unpaired) electrons. The lowest BCUT2D eigenvalue weighted by Gasteiger charge is -2.33. The number of methoxy groups -OCH3 is 1. The number of ether oxygens (including phenoxy) is 1. The van der Waals surface area contributed by atoms with Gasteiger partial charge in [0.1, 0.15) is 5.75 Å². The molecule has 0 bridgehead atoms. The van der Waals surface area contributed by atoms with Crippen LogP contribution in [0.25, 0.3) is 0 Å². The fraction of sp³-hybridized carbons (Fsp3) is 0.667. The highest BCUT2D eigenvalue weighted by molar-refractivity contribution is 7.10. The quantitative estimate of drug-likeness (QED) is 0.831. The number of thiophene rings is 1. The first-order valence-corrected chi connectivity index (χ1v) is 6.59. The fourth-order valence-corrected chi connectivity index (χ4v) is 3.12. The predicted octanol–water partition coefficient (Wildman–Crippen LogP) is 3.21. The fourth-order valence-electron chi connectivity index (χ4n) is 2.10. The van der Waals surface area contributed by atoms with Gasteiger partial charge in [-0.2, -0.15) is 0 Å². The third kappa shape index (κ3) is 2.34. The average molecular weight is 225 g/mol. The highest BCUT2D eigenvalue weighted by Gasteiger charge is 2.28. The summed E-state index contributed by atoms with van der Waals surface area (Å²) < 4.78 is 5.24. The smallest absolute Gasteiger partial charge is 0.129 e. The van der Waals surface area contributed by atoms with Gasteiger partial charge in [0.2, 0.25) is 0 Å². The molecule has 0 spiro atoms. The highest BCUT2D eigenvalue weighted by Crippen LogP contribution is 2.40. The van der Waals surface area contributed by atoms with Gasteiger partial charge in [-0.05, 0) is 31.4 Å². The highest BCUT2D eigenvalue weighted by atomic mass is 32.1. The van der Waals surface area contributed by atoms with Crippen LogP contribution < -0.4 is 10.1 Å². The van der Waals surface area contributed by atoms with Crippen LogP contribution >= 0.6 is 11.3 Å². The van der Waals surface area contributed by atoms with Crippen molar-refractivity contribution in [2.45, 2.75) is 32.2 Å². The minimum absolute atomic E-state index is 0.553. The number of hydrogen-bond donors (Lipinski definition) is 1. The van der Waals surface area contributed by atoms with E-state index >= 15 is 0 Å². The second-order valence-corrected chi connectivity index (χ2v) is 5.06. The molecule has 1 heterocycles. The molecular weight excluding hydrogens is 206 g/mol. The van der Waals surface area contributed by atoms with Gasteiger partial charge in [0.05, 0.1) is 7.11 Å². The van der Waals surface area contributed by atoms with Gasteiger partial charge in [-0.3, -0.25) is 0 Å². The molecule has 1 N–H and O–H groups in total. The summed E-state index contributed by atoms with van der Waals surface area (Å²) in [6.45, 7) is 3.22. The summed E-state index contributed by atoms with van der Waals surface area (Å²) in [6, 6.07) is 2.73. The van der Waals surface area contributed by atoms with Gasteiger partial charge in [0.15, 0.2) is 0 Å². The molecule has 0 saturated heterocycles. The Kier molecular flexibility index (Phi) is 3.65. The van der Waals surface area contributed by atoms with Crippen molar-refractivity contribution in [2.75, 3.05) is 13.7 Å². The minimum Gasteiger partial charge on any atom is -0.496 e. The summed E-state index contributed by atoms with van der Waals surface area (Å²) in [4.78, 5) is 1.43. The molecule has 84 valence electrons. The third-order valence-electron chi connectivity index (χ3n) is 3.18. The summed E-state index contributed by atoms with van der Waals surface area (Å²) in [5.41, 5.74) is 0. The maximum atomic E-state index is 5.24. The first kappa shape index (κ1) is 11.0. The largest absolute Gasteiger partial charge is 0.496 e. The zero-order valence-corrected chi connectivity index (χ0v) is 10.3. The van der Waals surface area contributed by atoms with E-state index in [1.54, 1.807) is 7.11 Å². The zero-order valence-electron chi connectivity index (χ0n) is 9.45. The Labute approximate surface area is 95.6 Å². The van der Waals surface area contributed by atoms with Crippen LogP contribution in [0, 0.1) is 5.92 Å². The first-order chi connectivity index (χ1) is 7.35. The topological polar surface area (TPSA) is 21.3 Å². The van der Waals surface area contributed by atoms with Gasteiger partial charge in [0, 0.05) is 16.3 Å². The van der Waals surface area contributed by atoms with Crippen molar-refractivity contribution in [2.24, 2.45) is 5.92 Å². The SMILES string of the molecule is CCNC(c1cc(OC)cs1)C1CCC1. The van der Waals surface area contributed by atoms with E-state index in [9.17, 15) is 0 Å². The Hall–Kier alpha value is -0.540. The minimum atomic E-state index is 0.553. The Morgan fingerprint density at radius 1 is 1.60 bits per heavy atom. The monoisotopic (exact) mass is 225 g/mol. The zero-order chi connectivity index (χ0) is 10.7. The van der Waals surface area contributed by atoms with E-state index < -0.39 is 0 Å². The van der Waals surface area contributed by atoms with Gasteiger partial charge in [0.25, 0.3) is 0 Å². The van der Waals surface area contributed by atoms with Crippen LogP contribution in [-0.4, -0.2) is 13.7 Å². The Bertz CT molecular complexity index is 306.